The maximum absolute atomic E-state index is 11.6. The highest BCUT2D eigenvalue weighted by Crippen LogP contribution is 1.99. The molecule has 0 aliphatic carbocycles. The van der Waals surface area contributed by atoms with Gasteiger partial charge in [0.1, 0.15) is 0 Å². The van der Waals surface area contributed by atoms with Crippen LogP contribution in [0.2, 0.25) is 0 Å². The minimum absolute atomic E-state index is 0.144. The lowest BCUT2D eigenvalue weighted by molar-refractivity contribution is -0.119. The molecule has 0 spiro atoms. The molecule has 0 radical (unpaired) electrons. The van der Waals surface area contributed by atoms with Gasteiger partial charge in [-0.3, -0.25) is 15.1 Å². The molecule has 0 aliphatic heterocycles. The highest BCUT2D eigenvalue weighted by atomic mass is 35.5. The molecule has 1 heterocycles. The first-order valence-electron chi connectivity index (χ1n) is 5.63. The third-order valence-electron chi connectivity index (χ3n) is 2.40. The smallest absolute Gasteiger partial charge is 0.323 e. The van der Waals surface area contributed by atoms with Gasteiger partial charge in [0.15, 0.2) is 0 Å². The van der Waals surface area contributed by atoms with Gasteiger partial charge in [-0.05, 0) is 24.1 Å². The standard InChI is InChI=1S/C12H16ClN3O2/c1-16(12(18)15-11(17)2-6-13)9-5-10-3-7-14-8-4-10/h3-4,7-8H,2,5-6,9H2,1H3,(H,15,17,18). The molecular weight excluding hydrogens is 254 g/mol. The summed E-state index contributed by atoms with van der Waals surface area (Å²) < 4.78 is 0. The van der Waals surface area contributed by atoms with Crippen LogP contribution in [-0.4, -0.2) is 41.3 Å². The van der Waals surface area contributed by atoms with Crippen LogP contribution in [0.25, 0.3) is 0 Å². The number of rotatable bonds is 5. The molecule has 1 rings (SSSR count). The summed E-state index contributed by atoms with van der Waals surface area (Å²) in [6.07, 6.45) is 4.28. The lowest BCUT2D eigenvalue weighted by atomic mass is 10.2. The van der Waals surface area contributed by atoms with E-state index in [9.17, 15) is 9.59 Å². The fourth-order valence-corrected chi connectivity index (χ4v) is 1.48. The van der Waals surface area contributed by atoms with E-state index in [1.807, 2.05) is 12.1 Å². The molecule has 0 saturated heterocycles. The number of imide groups is 1. The molecular formula is C12H16ClN3O2. The average molecular weight is 270 g/mol. The van der Waals surface area contributed by atoms with Crippen molar-refractivity contribution in [1.82, 2.24) is 15.2 Å². The molecule has 0 unspecified atom stereocenters. The van der Waals surface area contributed by atoms with Crippen molar-refractivity contribution in [3.05, 3.63) is 30.1 Å². The molecule has 5 nitrogen and oxygen atoms in total. The van der Waals surface area contributed by atoms with E-state index in [1.165, 1.54) is 4.90 Å². The van der Waals surface area contributed by atoms with E-state index in [1.54, 1.807) is 19.4 Å². The van der Waals surface area contributed by atoms with E-state index in [-0.39, 0.29) is 18.2 Å². The fraction of sp³-hybridized carbons (Fsp3) is 0.417. The third kappa shape index (κ3) is 5.14. The zero-order valence-electron chi connectivity index (χ0n) is 10.2. The molecule has 0 fully saturated rings. The first-order chi connectivity index (χ1) is 8.63. The molecule has 6 heteroatoms. The quantitative estimate of drug-likeness (QED) is 0.823. The van der Waals surface area contributed by atoms with Crippen LogP contribution in [0.15, 0.2) is 24.5 Å². The number of nitrogens with zero attached hydrogens (tertiary/aromatic N) is 2. The highest BCUT2D eigenvalue weighted by Gasteiger charge is 2.11. The average Bonchev–Trinajstić information content (AvgIpc) is 2.37. The Labute approximate surface area is 111 Å². The Hall–Kier alpha value is -1.62. The summed E-state index contributed by atoms with van der Waals surface area (Å²) in [6, 6.07) is 3.38. The van der Waals surface area contributed by atoms with Crippen molar-refractivity contribution in [2.45, 2.75) is 12.8 Å². The van der Waals surface area contributed by atoms with Crippen molar-refractivity contribution in [1.29, 1.82) is 0 Å². The summed E-state index contributed by atoms with van der Waals surface area (Å²) in [5.41, 5.74) is 1.09. The molecule has 1 aromatic rings. The number of carbonyl (C=O) groups is 2. The normalized spacial score (nSPS) is 9.89. The van der Waals surface area contributed by atoms with Crippen LogP contribution >= 0.6 is 11.6 Å². The van der Waals surface area contributed by atoms with E-state index >= 15 is 0 Å². The number of aromatic nitrogens is 1. The molecule has 0 aromatic carbocycles. The Morgan fingerprint density at radius 2 is 2.06 bits per heavy atom. The van der Waals surface area contributed by atoms with E-state index in [0.717, 1.165) is 12.0 Å². The molecule has 0 aliphatic rings. The van der Waals surface area contributed by atoms with Crippen molar-refractivity contribution >= 4 is 23.5 Å². The zero-order valence-corrected chi connectivity index (χ0v) is 11.0. The van der Waals surface area contributed by atoms with Crippen molar-refractivity contribution in [2.75, 3.05) is 19.5 Å². The van der Waals surface area contributed by atoms with Crippen LogP contribution in [0.5, 0.6) is 0 Å². The second kappa shape index (κ2) is 7.66. The van der Waals surface area contributed by atoms with Gasteiger partial charge >= 0.3 is 6.03 Å². The molecule has 3 amide bonds. The van der Waals surface area contributed by atoms with Crippen LogP contribution < -0.4 is 5.32 Å². The molecule has 0 bridgehead atoms. The number of carbonyl (C=O) groups excluding carboxylic acids is 2. The Morgan fingerprint density at radius 3 is 2.67 bits per heavy atom. The maximum Gasteiger partial charge on any atom is 0.323 e. The monoisotopic (exact) mass is 269 g/mol. The van der Waals surface area contributed by atoms with Gasteiger partial charge in [0, 0.05) is 38.3 Å². The van der Waals surface area contributed by atoms with E-state index in [2.05, 4.69) is 10.3 Å². The van der Waals surface area contributed by atoms with Gasteiger partial charge in [-0.1, -0.05) is 0 Å². The number of likely N-dealkylation sites (N-methyl/N-ethyl adjacent to an activating group) is 1. The Balaban J connectivity index is 2.34. The lowest BCUT2D eigenvalue weighted by Crippen LogP contribution is -2.41. The Bertz CT molecular complexity index is 398. The first kappa shape index (κ1) is 14.4. The Morgan fingerprint density at radius 1 is 1.39 bits per heavy atom. The van der Waals surface area contributed by atoms with Gasteiger partial charge < -0.3 is 4.90 Å². The van der Waals surface area contributed by atoms with Crippen LogP contribution in [0.1, 0.15) is 12.0 Å². The number of nitrogens with one attached hydrogen (secondary N) is 1. The predicted octanol–water partition coefficient (Wildman–Crippen LogP) is 1.42. The van der Waals surface area contributed by atoms with E-state index < -0.39 is 6.03 Å². The van der Waals surface area contributed by atoms with Crippen LogP contribution in [0, 0.1) is 0 Å². The van der Waals surface area contributed by atoms with Crippen LogP contribution in [-0.2, 0) is 11.2 Å². The summed E-state index contributed by atoms with van der Waals surface area (Å²) in [5.74, 6) is -0.148. The number of hydrogen-bond donors (Lipinski definition) is 1. The van der Waals surface area contributed by atoms with Crippen molar-refractivity contribution < 1.29 is 9.59 Å². The molecule has 0 atom stereocenters. The fourth-order valence-electron chi connectivity index (χ4n) is 1.31. The van der Waals surface area contributed by atoms with Crippen molar-refractivity contribution in [2.24, 2.45) is 0 Å². The van der Waals surface area contributed by atoms with Gasteiger partial charge in [0.25, 0.3) is 0 Å². The number of hydrogen-bond acceptors (Lipinski definition) is 3. The number of amides is 3. The number of urea groups is 1. The zero-order chi connectivity index (χ0) is 13.4. The van der Waals surface area contributed by atoms with Crippen molar-refractivity contribution in [3.8, 4) is 0 Å². The maximum atomic E-state index is 11.6. The topological polar surface area (TPSA) is 62.3 Å². The molecule has 98 valence electrons. The number of pyridine rings is 1. The number of halogens is 1. The van der Waals surface area contributed by atoms with Crippen molar-refractivity contribution in [3.63, 3.8) is 0 Å². The summed E-state index contributed by atoms with van der Waals surface area (Å²) in [6.45, 7) is 0.532. The van der Waals surface area contributed by atoms with Crippen LogP contribution in [0.3, 0.4) is 0 Å². The minimum atomic E-state index is -0.404. The Kier molecular flexibility index (Phi) is 6.14. The van der Waals surface area contributed by atoms with Crippen LogP contribution in [0.4, 0.5) is 4.79 Å². The van der Waals surface area contributed by atoms with E-state index in [0.29, 0.717) is 6.54 Å². The first-order valence-corrected chi connectivity index (χ1v) is 6.16. The number of alkyl halides is 1. The summed E-state index contributed by atoms with van der Waals surface area (Å²) >= 11 is 5.41. The summed E-state index contributed by atoms with van der Waals surface area (Å²) in [4.78, 5) is 28.2. The second-order valence-electron chi connectivity index (χ2n) is 3.82. The minimum Gasteiger partial charge on any atom is -0.327 e. The molecule has 18 heavy (non-hydrogen) atoms. The van der Waals surface area contributed by atoms with Gasteiger partial charge in [-0.25, -0.2) is 4.79 Å². The predicted molar refractivity (Wildman–Crippen MR) is 69.4 cm³/mol. The third-order valence-corrected chi connectivity index (χ3v) is 2.59. The lowest BCUT2D eigenvalue weighted by Gasteiger charge is -2.17. The largest absolute Gasteiger partial charge is 0.327 e. The molecule has 0 saturated carbocycles. The molecule has 1 N–H and O–H groups in total. The highest BCUT2D eigenvalue weighted by molar-refractivity contribution is 6.19. The molecule has 1 aromatic heterocycles. The van der Waals surface area contributed by atoms with Gasteiger partial charge in [0.2, 0.25) is 5.91 Å². The van der Waals surface area contributed by atoms with E-state index in [4.69, 9.17) is 11.6 Å². The summed E-state index contributed by atoms with van der Waals surface area (Å²) in [7, 11) is 1.64. The second-order valence-corrected chi connectivity index (χ2v) is 4.20. The summed E-state index contributed by atoms with van der Waals surface area (Å²) in [5, 5.41) is 2.27. The van der Waals surface area contributed by atoms with Gasteiger partial charge in [-0.2, -0.15) is 0 Å². The van der Waals surface area contributed by atoms with Gasteiger partial charge in [0.05, 0.1) is 0 Å². The van der Waals surface area contributed by atoms with Gasteiger partial charge in [-0.15, -0.1) is 11.6 Å². The SMILES string of the molecule is CN(CCc1ccncc1)C(=O)NC(=O)CCCl.